The highest BCUT2D eigenvalue weighted by atomic mass is 35.5. The molecule has 4 aromatic rings. The summed E-state index contributed by atoms with van der Waals surface area (Å²) in [6.07, 6.45) is 3.38. The number of rotatable bonds is 3. The van der Waals surface area contributed by atoms with Crippen molar-refractivity contribution in [1.82, 2.24) is 14.7 Å². The molecule has 0 spiro atoms. The van der Waals surface area contributed by atoms with Crippen molar-refractivity contribution in [2.45, 2.75) is 0 Å². The van der Waals surface area contributed by atoms with Gasteiger partial charge in [0.25, 0.3) is 11.8 Å². The molecule has 0 saturated carbocycles. The summed E-state index contributed by atoms with van der Waals surface area (Å²) in [6.45, 7) is 0. The number of carbonyl (C=O) groups is 2. The van der Waals surface area contributed by atoms with Gasteiger partial charge in [-0.25, -0.2) is 4.98 Å². The predicted molar refractivity (Wildman–Crippen MR) is 131 cm³/mol. The van der Waals surface area contributed by atoms with Gasteiger partial charge in [-0.15, -0.1) is 11.3 Å². The minimum absolute atomic E-state index is 0.00589. The number of thiocarbonyl (C=S) groups is 1. The summed E-state index contributed by atoms with van der Waals surface area (Å²) in [5.41, 5.74) is 2.49. The van der Waals surface area contributed by atoms with Crippen LogP contribution >= 0.6 is 46.8 Å². The van der Waals surface area contributed by atoms with Gasteiger partial charge in [-0.2, -0.15) is 0 Å². The van der Waals surface area contributed by atoms with E-state index in [4.69, 9.17) is 35.4 Å². The Labute approximate surface area is 201 Å². The molecule has 1 aliphatic heterocycles. The van der Waals surface area contributed by atoms with Crippen molar-refractivity contribution >= 4 is 80.4 Å². The third-order valence-electron chi connectivity index (χ3n) is 4.88. The van der Waals surface area contributed by atoms with Gasteiger partial charge < -0.3 is 0 Å². The van der Waals surface area contributed by atoms with Crippen LogP contribution in [0.4, 0.5) is 5.69 Å². The summed E-state index contributed by atoms with van der Waals surface area (Å²) < 4.78 is 1.84. The predicted octanol–water partition coefficient (Wildman–Crippen LogP) is 5.20. The molecular weight excluding hydrogens is 487 g/mol. The van der Waals surface area contributed by atoms with E-state index >= 15 is 0 Å². The van der Waals surface area contributed by atoms with Crippen molar-refractivity contribution in [2.24, 2.45) is 0 Å². The minimum Gasteiger partial charge on any atom is -0.298 e. The lowest BCUT2D eigenvalue weighted by molar-refractivity contribution is -0.122. The highest BCUT2D eigenvalue weighted by molar-refractivity contribution is 7.80. The molecule has 6 nitrogen and oxygen atoms in total. The van der Waals surface area contributed by atoms with Crippen LogP contribution in [-0.4, -0.2) is 26.3 Å². The molecule has 0 bridgehead atoms. The Hall–Kier alpha value is -3.04. The number of benzene rings is 2. The molecule has 1 aliphatic rings. The lowest BCUT2D eigenvalue weighted by Crippen LogP contribution is -2.54. The van der Waals surface area contributed by atoms with Gasteiger partial charge in [-0.3, -0.25) is 24.2 Å². The first-order valence-electron chi connectivity index (χ1n) is 9.31. The van der Waals surface area contributed by atoms with Crippen LogP contribution in [-0.2, 0) is 9.59 Å². The number of nitrogens with one attached hydrogen (secondary N) is 1. The van der Waals surface area contributed by atoms with Gasteiger partial charge in [0.2, 0.25) is 0 Å². The van der Waals surface area contributed by atoms with Crippen molar-refractivity contribution in [2.75, 3.05) is 4.90 Å². The zero-order valence-electron chi connectivity index (χ0n) is 16.1. The molecule has 0 atom stereocenters. The average Bonchev–Trinajstić information content (AvgIpc) is 3.35. The second-order valence-electron chi connectivity index (χ2n) is 6.84. The van der Waals surface area contributed by atoms with Crippen molar-refractivity contribution in [1.29, 1.82) is 0 Å². The third kappa shape index (κ3) is 3.61. The van der Waals surface area contributed by atoms with Crippen molar-refractivity contribution in [3.63, 3.8) is 0 Å². The van der Waals surface area contributed by atoms with E-state index in [-0.39, 0.29) is 10.7 Å². The molecule has 3 heterocycles. The Bertz CT molecular complexity index is 1420. The van der Waals surface area contributed by atoms with Crippen molar-refractivity contribution < 1.29 is 9.59 Å². The SMILES string of the molecule is O=C1NC(=S)N(c2ccc(Cl)cc2)C(=O)/C1=C/c1c(-c2ccc(Cl)cc2)nc2sccn12. The van der Waals surface area contributed by atoms with Crippen LogP contribution in [0, 0.1) is 0 Å². The van der Waals surface area contributed by atoms with E-state index in [1.54, 1.807) is 42.5 Å². The Morgan fingerprint density at radius 2 is 1.66 bits per heavy atom. The third-order valence-corrected chi connectivity index (χ3v) is 6.43. The molecular formula is C22H12Cl2N4O2S2. The first kappa shape index (κ1) is 20.8. The minimum atomic E-state index is -0.572. The highest BCUT2D eigenvalue weighted by Crippen LogP contribution is 2.31. The molecule has 0 radical (unpaired) electrons. The lowest BCUT2D eigenvalue weighted by atomic mass is 10.1. The van der Waals surface area contributed by atoms with Crippen LogP contribution in [0.15, 0.2) is 65.7 Å². The van der Waals surface area contributed by atoms with E-state index < -0.39 is 11.8 Å². The summed E-state index contributed by atoms with van der Waals surface area (Å²) >= 11 is 18.7. The normalized spacial score (nSPS) is 15.6. The molecule has 2 aromatic heterocycles. The zero-order valence-corrected chi connectivity index (χ0v) is 19.2. The van der Waals surface area contributed by atoms with E-state index in [2.05, 4.69) is 10.3 Å². The molecule has 2 amide bonds. The van der Waals surface area contributed by atoms with Gasteiger partial charge in [0.15, 0.2) is 10.1 Å². The molecule has 0 unspecified atom stereocenters. The molecule has 0 aliphatic carbocycles. The first-order chi connectivity index (χ1) is 15.4. The van der Waals surface area contributed by atoms with Crippen LogP contribution in [0.1, 0.15) is 5.69 Å². The number of halogens is 2. The maximum absolute atomic E-state index is 13.4. The number of hydrogen-bond acceptors (Lipinski definition) is 5. The molecule has 1 fully saturated rings. The molecule has 2 aromatic carbocycles. The van der Waals surface area contributed by atoms with Crippen LogP contribution in [0.3, 0.4) is 0 Å². The standard InChI is InChI=1S/C22H12Cl2N4O2S2/c23-13-3-1-12(2-4-13)18-17(27-9-10-32-22(27)25-18)11-16-19(29)26-21(31)28(20(16)30)15-7-5-14(24)6-8-15/h1-11H,(H,26,29,31)/b16-11+. The summed E-state index contributed by atoms with van der Waals surface area (Å²) in [7, 11) is 0. The van der Waals surface area contributed by atoms with Crippen molar-refractivity contribution in [3.8, 4) is 11.3 Å². The summed E-state index contributed by atoms with van der Waals surface area (Å²) in [4.78, 5) is 32.8. The second kappa shape index (κ2) is 8.14. The van der Waals surface area contributed by atoms with E-state index in [0.717, 1.165) is 10.5 Å². The lowest BCUT2D eigenvalue weighted by Gasteiger charge is -2.28. The number of thiazole rings is 1. The number of imidazole rings is 1. The van der Waals surface area contributed by atoms with Crippen LogP contribution in [0.2, 0.25) is 10.0 Å². The van der Waals surface area contributed by atoms with Gasteiger partial charge in [0, 0.05) is 27.2 Å². The number of anilines is 1. The van der Waals surface area contributed by atoms with Gasteiger partial charge in [0.05, 0.1) is 17.1 Å². The number of nitrogens with zero attached hydrogens (tertiary/aromatic N) is 3. The molecule has 158 valence electrons. The fraction of sp³-hybridized carbons (Fsp3) is 0. The number of hydrogen-bond donors (Lipinski definition) is 1. The summed E-state index contributed by atoms with van der Waals surface area (Å²) in [5.74, 6) is -1.11. The van der Waals surface area contributed by atoms with Gasteiger partial charge in [-0.05, 0) is 54.7 Å². The van der Waals surface area contributed by atoms with Crippen LogP contribution < -0.4 is 10.2 Å². The van der Waals surface area contributed by atoms with Gasteiger partial charge >= 0.3 is 0 Å². The van der Waals surface area contributed by atoms with E-state index in [1.165, 1.54) is 16.2 Å². The summed E-state index contributed by atoms with van der Waals surface area (Å²) in [5, 5.41) is 5.61. The molecule has 1 N–H and O–H groups in total. The fourth-order valence-corrected chi connectivity index (χ4v) is 4.63. The maximum Gasteiger partial charge on any atom is 0.270 e. The second-order valence-corrected chi connectivity index (χ2v) is 8.97. The highest BCUT2D eigenvalue weighted by Gasteiger charge is 2.35. The molecule has 32 heavy (non-hydrogen) atoms. The zero-order chi connectivity index (χ0) is 22.4. The topological polar surface area (TPSA) is 66.7 Å². The molecule has 1 saturated heterocycles. The molecule has 5 rings (SSSR count). The largest absolute Gasteiger partial charge is 0.298 e. The summed E-state index contributed by atoms with van der Waals surface area (Å²) in [6, 6.07) is 13.8. The maximum atomic E-state index is 13.4. The van der Waals surface area contributed by atoms with E-state index in [0.29, 0.717) is 27.1 Å². The van der Waals surface area contributed by atoms with E-state index in [1.807, 2.05) is 28.1 Å². The fourth-order valence-electron chi connectivity index (χ4n) is 3.38. The van der Waals surface area contributed by atoms with Crippen molar-refractivity contribution in [3.05, 3.63) is 81.4 Å². The Kier molecular flexibility index (Phi) is 5.30. The van der Waals surface area contributed by atoms with E-state index in [9.17, 15) is 9.59 Å². The van der Waals surface area contributed by atoms with Crippen LogP contribution in [0.5, 0.6) is 0 Å². The monoisotopic (exact) mass is 498 g/mol. The molecule has 10 heteroatoms. The quantitative estimate of drug-likeness (QED) is 0.239. The Morgan fingerprint density at radius 3 is 2.34 bits per heavy atom. The number of carbonyl (C=O) groups excluding carboxylic acids is 2. The number of aromatic nitrogens is 2. The number of amides is 2. The Balaban J connectivity index is 1.64. The smallest absolute Gasteiger partial charge is 0.270 e. The van der Waals surface area contributed by atoms with Gasteiger partial charge in [0.1, 0.15) is 5.57 Å². The number of fused-ring (bicyclic) bond motifs is 1. The Morgan fingerprint density at radius 1 is 1.00 bits per heavy atom. The van der Waals surface area contributed by atoms with Crippen LogP contribution in [0.25, 0.3) is 22.3 Å². The first-order valence-corrected chi connectivity index (χ1v) is 11.4. The van der Waals surface area contributed by atoms with Gasteiger partial charge in [-0.1, -0.05) is 35.3 Å². The average molecular weight is 499 g/mol.